The van der Waals surface area contributed by atoms with Crippen molar-refractivity contribution in [1.29, 1.82) is 0 Å². The highest BCUT2D eigenvalue weighted by Gasteiger charge is 2.05. The van der Waals surface area contributed by atoms with Crippen molar-refractivity contribution >= 4 is 22.9 Å². The summed E-state index contributed by atoms with van der Waals surface area (Å²) in [5, 5.41) is 3.12. The van der Waals surface area contributed by atoms with Gasteiger partial charge in [-0.3, -0.25) is 0 Å². The second-order valence-electron chi connectivity index (χ2n) is 3.84. The van der Waals surface area contributed by atoms with Crippen LogP contribution in [0.1, 0.15) is 21.8 Å². The van der Waals surface area contributed by atoms with Gasteiger partial charge in [0.25, 0.3) is 0 Å². The number of hydrogen-bond donors (Lipinski definition) is 0. The van der Waals surface area contributed by atoms with Crippen LogP contribution in [0.4, 0.5) is 0 Å². The van der Waals surface area contributed by atoms with E-state index in [1.807, 2.05) is 17.5 Å². The molecular weight excluding hydrogens is 254 g/mol. The molecule has 1 heterocycles. The monoisotopic (exact) mass is 267 g/mol. The van der Waals surface area contributed by atoms with Crippen molar-refractivity contribution in [1.82, 2.24) is 4.98 Å². The van der Waals surface area contributed by atoms with Gasteiger partial charge in [0.05, 0.1) is 23.7 Å². The van der Waals surface area contributed by atoms with Crippen LogP contribution in [0.25, 0.3) is 0 Å². The molecule has 0 atom stereocenters. The second kappa shape index (κ2) is 5.52. The zero-order valence-corrected chi connectivity index (χ0v) is 11.4. The van der Waals surface area contributed by atoms with E-state index < -0.39 is 0 Å². The fourth-order valence-corrected chi connectivity index (χ4v) is 2.69. The molecule has 0 amide bonds. The number of alkyl halides is 1. The molecule has 1 aromatic carbocycles. The number of benzene rings is 1. The summed E-state index contributed by atoms with van der Waals surface area (Å²) >= 11 is 7.40. The highest BCUT2D eigenvalue weighted by molar-refractivity contribution is 7.09. The van der Waals surface area contributed by atoms with Gasteiger partial charge in [-0.2, -0.15) is 0 Å². The zero-order chi connectivity index (χ0) is 12.3. The van der Waals surface area contributed by atoms with Gasteiger partial charge >= 0.3 is 0 Å². The van der Waals surface area contributed by atoms with E-state index in [-0.39, 0.29) is 0 Å². The Morgan fingerprint density at radius 2 is 2.24 bits per heavy atom. The molecule has 0 spiro atoms. The molecule has 0 bridgehead atoms. The van der Waals surface area contributed by atoms with E-state index in [4.69, 9.17) is 16.3 Å². The minimum Gasteiger partial charge on any atom is -0.497 e. The van der Waals surface area contributed by atoms with Crippen LogP contribution in [-0.2, 0) is 12.3 Å². The van der Waals surface area contributed by atoms with Crippen LogP contribution < -0.4 is 4.74 Å². The SMILES string of the molecule is COc1ccc(Cc2nc(CCl)cs2)c(C)c1. The number of nitrogens with zero attached hydrogens (tertiary/aromatic N) is 1. The fourth-order valence-electron chi connectivity index (χ4n) is 1.65. The molecule has 0 saturated heterocycles. The Bertz CT molecular complexity index is 510. The number of halogens is 1. The van der Waals surface area contributed by atoms with E-state index in [9.17, 15) is 0 Å². The number of aryl methyl sites for hydroxylation is 1. The topological polar surface area (TPSA) is 22.1 Å². The molecule has 2 nitrogen and oxygen atoms in total. The number of hydrogen-bond acceptors (Lipinski definition) is 3. The normalized spacial score (nSPS) is 10.5. The maximum Gasteiger partial charge on any atom is 0.119 e. The van der Waals surface area contributed by atoms with Crippen molar-refractivity contribution in [2.45, 2.75) is 19.2 Å². The number of thiazole rings is 1. The van der Waals surface area contributed by atoms with Crippen molar-refractivity contribution in [3.63, 3.8) is 0 Å². The lowest BCUT2D eigenvalue weighted by atomic mass is 10.1. The molecule has 0 fully saturated rings. The summed E-state index contributed by atoms with van der Waals surface area (Å²) in [4.78, 5) is 4.46. The minimum absolute atomic E-state index is 0.484. The first kappa shape index (κ1) is 12.4. The summed E-state index contributed by atoms with van der Waals surface area (Å²) in [6, 6.07) is 6.12. The lowest BCUT2D eigenvalue weighted by Crippen LogP contribution is -1.93. The summed E-state index contributed by atoms with van der Waals surface area (Å²) < 4.78 is 5.19. The Balaban J connectivity index is 2.18. The van der Waals surface area contributed by atoms with Crippen molar-refractivity contribution in [3.8, 4) is 5.75 Å². The molecule has 0 aliphatic carbocycles. The molecule has 0 N–H and O–H groups in total. The van der Waals surface area contributed by atoms with Crippen molar-refractivity contribution in [2.75, 3.05) is 7.11 Å². The molecule has 2 aromatic rings. The molecule has 0 aliphatic rings. The van der Waals surface area contributed by atoms with Gasteiger partial charge in [-0.05, 0) is 30.2 Å². The highest BCUT2D eigenvalue weighted by atomic mass is 35.5. The summed E-state index contributed by atoms with van der Waals surface area (Å²) in [5.41, 5.74) is 3.46. The van der Waals surface area contributed by atoms with E-state index in [1.165, 1.54) is 11.1 Å². The van der Waals surface area contributed by atoms with Gasteiger partial charge in [-0.15, -0.1) is 22.9 Å². The van der Waals surface area contributed by atoms with Crippen LogP contribution in [0.15, 0.2) is 23.6 Å². The molecule has 17 heavy (non-hydrogen) atoms. The summed E-state index contributed by atoms with van der Waals surface area (Å²) in [6.07, 6.45) is 0.859. The van der Waals surface area contributed by atoms with Gasteiger partial charge in [-0.25, -0.2) is 4.98 Å². The Morgan fingerprint density at radius 3 is 2.82 bits per heavy atom. The van der Waals surface area contributed by atoms with E-state index in [2.05, 4.69) is 18.0 Å². The molecule has 2 rings (SSSR count). The molecule has 0 aliphatic heterocycles. The number of aromatic nitrogens is 1. The van der Waals surface area contributed by atoms with Gasteiger partial charge in [-0.1, -0.05) is 6.07 Å². The molecule has 0 unspecified atom stereocenters. The molecule has 0 radical (unpaired) electrons. The van der Waals surface area contributed by atoms with Crippen LogP contribution in [0, 0.1) is 6.92 Å². The van der Waals surface area contributed by atoms with Crippen LogP contribution in [0.2, 0.25) is 0 Å². The Labute approximate surface area is 110 Å². The maximum absolute atomic E-state index is 5.74. The van der Waals surface area contributed by atoms with Crippen molar-refractivity contribution in [2.24, 2.45) is 0 Å². The summed E-state index contributed by atoms with van der Waals surface area (Å²) in [5.74, 6) is 1.38. The van der Waals surface area contributed by atoms with Gasteiger partial charge in [0.2, 0.25) is 0 Å². The molecule has 4 heteroatoms. The molecule has 1 aromatic heterocycles. The van der Waals surface area contributed by atoms with Crippen LogP contribution in [-0.4, -0.2) is 12.1 Å². The van der Waals surface area contributed by atoms with Crippen molar-refractivity contribution in [3.05, 3.63) is 45.4 Å². The summed E-state index contributed by atoms with van der Waals surface area (Å²) in [6.45, 7) is 2.09. The zero-order valence-electron chi connectivity index (χ0n) is 9.87. The first-order valence-corrected chi connectivity index (χ1v) is 6.77. The molecular formula is C13H14ClNOS. The average molecular weight is 268 g/mol. The minimum atomic E-state index is 0.484. The average Bonchev–Trinajstić information content (AvgIpc) is 2.79. The molecule has 0 saturated carbocycles. The van der Waals surface area contributed by atoms with E-state index in [0.717, 1.165) is 22.9 Å². The third-order valence-electron chi connectivity index (χ3n) is 2.63. The third-order valence-corrected chi connectivity index (χ3v) is 3.80. The lowest BCUT2D eigenvalue weighted by Gasteiger charge is -2.06. The lowest BCUT2D eigenvalue weighted by molar-refractivity contribution is 0.414. The first-order valence-electron chi connectivity index (χ1n) is 5.35. The predicted molar refractivity (Wildman–Crippen MR) is 72.2 cm³/mol. The number of ether oxygens (including phenoxy) is 1. The van der Waals surface area contributed by atoms with Gasteiger partial charge in [0, 0.05) is 11.8 Å². The van der Waals surface area contributed by atoms with Crippen molar-refractivity contribution < 1.29 is 4.74 Å². The second-order valence-corrected chi connectivity index (χ2v) is 5.05. The van der Waals surface area contributed by atoms with E-state index in [0.29, 0.717) is 5.88 Å². The quantitative estimate of drug-likeness (QED) is 0.787. The van der Waals surface area contributed by atoms with Crippen LogP contribution >= 0.6 is 22.9 Å². The van der Waals surface area contributed by atoms with Crippen LogP contribution in [0.3, 0.4) is 0 Å². The van der Waals surface area contributed by atoms with Crippen LogP contribution in [0.5, 0.6) is 5.75 Å². The smallest absolute Gasteiger partial charge is 0.119 e. The van der Waals surface area contributed by atoms with Gasteiger partial charge in [0.15, 0.2) is 0 Å². The summed E-state index contributed by atoms with van der Waals surface area (Å²) in [7, 11) is 1.68. The van der Waals surface area contributed by atoms with E-state index in [1.54, 1.807) is 18.4 Å². The standard InChI is InChI=1S/C13H14ClNOS/c1-9-5-12(16-2)4-3-10(9)6-13-15-11(7-14)8-17-13/h3-5,8H,6-7H2,1-2H3. The van der Waals surface area contributed by atoms with Gasteiger partial charge in [0.1, 0.15) is 5.75 Å². The van der Waals surface area contributed by atoms with E-state index >= 15 is 0 Å². The number of rotatable bonds is 4. The fraction of sp³-hybridized carbons (Fsp3) is 0.308. The maximum atomic E-state index is 5.74. The Morgan fingerprint density at radius 1 is 1.41 bits per heavy atom. The third kappa shape index (κ3) is 2.99. The highest BCUT2D eigenvalue weighted by Crippen LogP contribution is 2.21. The Kier molecular flexibility index (Phi) is 4.02. The van der Waals surface area contributed by atoms with Gasteiger partial charge < -0.3 is 4.74 Å². The largest absolute Gasteiger partial charge is 0.497 e. The predicted octanol–water partition coefficient (Wildman–Crippen LogP) is 3.79. The number of methoxy groups -OCH3 is 1. The first-order chi connectivity index (χ1) is 8.22. The Hall–Kier alpha value is -1.06. The molecule has 90 valence electrons.